The first-order valence-electron chi connectivity index (χ1n) is 11.0. The molecule has 172 valence electrons. The van der Waals surface area contributed by atoms with Crippen molar-refractivity contribution in [2.24, 2.45) is 0 Å². The van der Waals surface area contributed by atoms with E-state index in [1.807, 2.05) is 18.2 Å². The summed E-state index contributed by atoms with van der Waals surface area (Å²) in [4.78, 5) is 4.95. The Morgan fingerprint density at radius 3 is 2.24 bits per heavy atom. The van der Waals surface area contributed by atoms with Crippen LogP contribution in [0.5, 0.6) is 11.5 Å². The lowest BCUT2D eigenvalue weighted by Crippen LogP contribution is -2.38. The lowest BCUT2D eigenvalue weighted by Gasteiger charge is -2.27. The van der Waals surface area contributed by atoms with E-state index in [1.165, 1.54) is 0 Å². The Hall–Kier alpha value is -3.39. The number of hydrogen-bond acceptors (Lipinski definition) is 6. The van der Waals surface area contributed by atoms with E-state index >= 15 is 0 Å². The zero-order valence-electron chi connectivity index (χ0n) is 18.7. The van der Waals surface area contributed by atoms with Crippen LogP contribution in [0.4, 0.5) is 17.1 Å². The zero-order valence-corrected chi connectivity index (χ0v) is 19.5. The lowest BCUT2D eigenvalue weighted by molar-refractivity contribution is 0.414. The number of fused-ring (bicyclic) bond motifs is 3. The number of rotatable bonds is 7. The van der Waals surface area contributed by atoms with Crippen LogP contribution in [0.25, 0.3) is 0 Å². The molecule has 0 spiro atoms. The Morgan fingerprint density at radius 2 is 1.58 bits per heavy atom. The molecule has 1 atom stereocenters. The quantitative estimate of drug-likeness (QED) is 0.556. The first-order valence-corrected chi connectivity index (χ1v) is 12.4. The maximum atomic E-state index is 13.1. The van der Waals surface area contributed by atoms with Crippen molar-refractivity contribution >= 4 is 27.1 Å². The van der Waals surface area contributed by atoms with Gasteiger partial charge in [0, 0.05) is 18.8 Å². The van der Waals surface area contributed by atoms with Gasteiger partial charge in [-0.05, 0) is 73.0 Å². The Morgan fingerprint density at radius 1 is 0.909 bits per heavy atom. The molecule has 0 amide bonds. The second kappa shape index (κ2) is 8.51. The highest BCUT2D eigenvalue weighted by atomic mass is 32.2. The molecule has 0 saturated carbocycles. The predicted molar refractivity (Wildman–Crippen MR) is 130 cm³/mol. The van der Waals surface area contributed by atoms with Gasteiger partial charge in [0.2, 0.25) is 0 Å². The standard InChI is InChI=1S/C25H27N3O4S/c1-31-20-9-5-18(6-10-20)17-28-24-16-22(13-14-23(24)27-15-3-4-25(27)28)33(29,30)26-19-7-11-21(32-2)12-8-19/h5-14,16,25-26H,3-4,15,17H2,1-2H3. The Kier molecular flexibility index (Phi) is 5.54. The summed E-state index contributed by atoms with van der Waals surface area (Å²) in [6, 6.07) is 20.3. The van der Waals surface area contributed by atoms with Crippen LogP contribution in [0.1, 0.15) is 18.4 Å². The van der Waals surface area contributed by atoms with Gasteiger partial charge in [-0.15, -0.1) is 0 Å². The molecule has 1 unspecified atom stereocenters. The van der Waals surface area contributed by atoms with Crippen LogP contribution >= 0.6 is 0 Å². The van der Waals surface area contributed by atoms with Gasteiger partial charge >= 0.3 is 0 Å². The topological polar surface area (TPSA) is 71.1 Å². The summed E-state index contributed by atoms with van der Waals surface area (Å²) in [6.45, 7) is 1.68. The van der Waals surface area contributed by atoms with Crippen LogP contribution in [0, 0.1) is 0 Å². The molecule has 0 aliphatic carbocycles. The molecule has 1 N–H and O–H groups in total. The minimum Gasteiger partial charge on any atom is -0.497 e. The van der Waals surface area contributed by atoms with Gasteiger partial charge < -0.3 is 19.3 Å². The van der Waals surface area contributed by atoms with Crippen molar-refractivity contribution in [3.8, 4) is 11.5 Å². The number of nitrogens with one attached hydrogen (secondary N) is 1. The van der Waals surface area contributed by atoms with Crippen LogP contribution in [-0.2, 0) is 16.6 Å². The Balaban J connectivity index is 1.45. The second-order valence-electron chi connectivity index (χ2n) is 8.28. The highest BCUT2D eigenvalue weighted by molar-refractivity contribution is 7.92. The molecule has 0 bridgehead atoms. The average Bonchev–Trinajstić information content (AvgIpc) is 3.42. The lowest BCUT2D eigenvalue weighted by atomic mass is 10.1. The summed E-state index contributed by atoms with van der Waals surface area (Å²) in [7, 11) is -0.503. The minimum atomic E-state index is -3.74. The molecule has 2 aliphatic rings. The fraction of sp³-hybridized carbons (Fsp3) is 0.280. The highest BCUT2D eigenvalue weighted by Gasteiger charge is 2.39. The third kappa shape index (κ3) is 4.06. The van der Waals surface area contributed by atoms with Gasteiger partial charge in [-0.1, -0.05) is 12.1 Å². The fourth-order valence-corrected chi connectivity index (χ4v) is 5.73. The second-order valence-corrected chi connectivity index (χ2v) is 9.96. The number of benzene rings is 3. The van der Waals surface area contributed by atoms with E-state index in [2.05, 4.69) is 26.7 Å². The van der Waals surface area contributed by atoms with Crippen LogP contribution in [0.3, 0.4) is 0 Å². The maximum Gasteiger partial charge on any atom is 0.261 e. The number of sulfonamides is 1. The summed E-state index contributed by atoms with van der Waals surface area (Å²) >= 11 is 0. The summed E-state index contributed by atoms with van der Waals surface area (Å²) in [5, 5.41) is 0. The fourth-order valence-electron chi connectivity index (χ4n) is 4.65. The van der Waals surface area contributed by atoms with Crippen molar-refractivity contribution in [1.82, 2.24) is 0 Å². The van der Waals surface area contributed by atoms with E-state index in [0.717, 1.165) is 42.1 Å². The molecule has 3 aromatic carbocycles. The van der Waals surface area contributed by atoms with Gasteiger partial charge in [0.1, 0.15) is 17.7 Å². The minimum absolute atomic E-state index is 0.245. The van der Waals surface area contributed by atoms with Crippen molar-refractivity contribution in [3.63, 3.8) is 0 Å². The molecular formula is C25H27N3O4S. The van der Waals surface area contributed by atoms with Gasteiger partial charge in [-0.3, -0.25) is 4.72 Å². The van der Waals surface area contributed by atoms with Crippen LogP contribution in [0.2, 0.25) is 0 Å². The van der Waals surface area contributed by atoms with E-state index in [0.29, 0.717) is 18.0 Å². The summed E-state index contributed by atoms with van der Waals surface area (Å²) in [5.41, 5.74) is 3.69. The third-order valence-corrected chi connectivity index (χ3v) is 7.69. The summed E-state index contributed by atoms with van der Waals surface area (Å²) in [6.07, 6.45) is 2.42. The van der Waals surface area contributed by atoms with E-state index in [1.54, 1.807) is 50.6 Å². The van der Waals surface area contributed by atoms with Gasteiger partial charge in [0.05, 0.1) is 30.5 Å². The molecule has 1 saturated heterocycles. The van der Waals surface area contributed by atoms with Crippen molar-refractivity contribution in [1.29, 1.82) is 0 Å². The summed E-state index contributed by atoms with van der Waals surface area (Å²) < 4.78 is 39.4. The van der Waals surface area contributed by atoms with Crippen molar-refractivity contribution in [2.45, 2.75) is 30.4 Å². The SMILES string of the molecule is COc1ccc(CN2c3cc(S(=O)(=O)Nc4ccc(OC)cc4)ccc3N3CCCC32)cc1. The van der Waals surface area contributed by atoms with Crippen molar-refractivity contribution in [2.75, 3.05) is 35.3 Å². The smallest absolute Gasteiger partial charge is 0.261 e. The molecule has 0 aromatic heterocycles. The number of anilines is 3. The largest absolute Gasteiger partial charge is 0.497 e. The molecule has 7 nitrogen and oxygen atoms in total. The maximum absolute atomic E-state index is 13.1. The van der Waals surface area contributed by atoms with E-state index < -0.39 is 10.0 Å². The number of ether oxygens (including phenoxy) is 2. The van der Waals surface area contributed by atoms with Gasteiger partial charge in [-0.25, -0.2) is 8.42 Å². The van der Waals surface area contributed by atoms with E-state index in [9.17, 15) is 8.42 Å². The van der Waals surface area contributed by atoms with Gasteiger partial charge in [0.25, 0.3) is 10.0 Å². The molecule has 1 fully saturated rings. The molecular weight excluding hydrogens is 438 g/mol. The molecule has 0 radical (unpaired) electrons. The zero-order chi connectivity index (χ0) is 23.0. The molecule has 8 heteroatoms. The van der Waals surface area contributed by atoms with Crippen LogP contribution < -0.4 is 24.0 Å². The highest BCUT2D eigenvalue weighted by Crippen LogP contribution is 2.45. The number of nitrogens with zero attached hydrogens (tertiary/aromatic N) is 2. The van der Waals surface area contributed by atoms with E-state index in [-0.39, 0.29) is 11.1 Å². The molecule has 2 heterocycles. The number of methoxy groups -OCH3 is 2. The molecule has 3 aromatic rings. The molecule has 5 rings (SSSR count). The van der Waals surface area contributed by atoms with Gasteiger partial charge in [-0.2, -0.15) is 0 Å². The predicted octanol–water partition coefficient (Wildman–Crippen LogP) is 4.45. The van der Waals surface area contributed by atoms with Crippen molar-refractivity contribution < 1.29 is 17.9 Å². The van der Waals surface area contributed by atoms with E-state index in [4.69, 9.17) is 9.47 Å². The monoisotopic (exact) mass is 465 g/mol. The third-order valence-electron chi connectivity index (χ3n) is 6.31. The van der Waals surface area contributed by atoms with Crippen molar-refractivity contribution in [3.05, 3.63) is 72.3 Å². The average molecular weight is 466 g/mol. The Labute approximate surface area is 194 Å². The number of hydrogen-bond donors (Lipinski definition) is 1. The Bertz CT molecular complexity index is 1240. The first-order chi connectivity index (χ1) is 16.0. The molecule has 33 heavy (non-hydrogen) atoms. The first kappa shape index (κ1) is 21.5. The normalized spacial score (nSPS) is 17.0. The van der Waals surface area contributed by atoms with Crippen LogP contribution in [0.15, 0.2) is 71.6 Å². The van der Waals surface area contributed by atoms with Crippen LogP contribution in [-0.4, -0.2) is 35.3 Å². The molecule has 2 aliphatic heterocycles. The summed E-state index contributed by atoms with van der Waals surface area (Å²) in [5.74, 6) is 1.49. The van der Waals surface area contributed by atoms with Gasteiger partial charge in [0.15, 0.2) is 0 Å².